The molecule has 29 heavy (non-hydrogen) atoms. The molecule has 4 rings (SSSR count). The third-order valence-electron chi connectivity index (χ3n) is 4.70. The minimum Gasteiger partial charge on any atom is -0.467 e. The van der Waals surface area contributed by atoms with Crippen molar-refractivity contribution in [3.05, 3.63) is 57.6 Å². The Morgan fingerprint density at radius 3 is 2.59 bits per heavy atom. The monoisotopic (exact) mass is 453 g/mol. The Morgan fingerprint density at radius 2 is 1.90 bits per heavy atom. The Hall–Kier alpha value is -2.27. The Balaban J connectivity index is 1.46. The quantitative estimate of drug-likeness (QED) is 0.425. The molecule has 0 atom stereocenters. The number of aromatic nitrogens is 1. The highest BCUT2D eigenvalue weighted by Crippen LogP contribution is 2.34. The number of halogens is 1. The van der Waals surface area contributed by atoms with E-state index in [9.17, 15) is 18.5 Å². The molecule has 0 radical (unpaired) electrons. The molecule has 0 amide bonds. The fourth-order valence-electron chi connectivity index (χ4n) is 3.24. The molecule has 3 aromatic rings. The summed E-state index contributed by atoms with van der Waals surface area (Å²) < 4.78 is 33.9. The van der Waals surface area contributed by atoms with E-state index in [-0.39, 0.29) is 24.1 Å². The predicted octanol–water partition coefficient (Wildman–Crippen LogP) is 4.09. The van der Waals surface area contributed by atoms with Crippen LogP contribution in [-0.4, -0.2) is 41.8 Å². The highest BCUT2D eigenvalue weighted by atomic mass is 35.5. The number of hydrogen-bond acceptors (Lipinski definition) is 7. The summed E-state index contributed by atoms with van der Waals surface area (Å²) in [4.78, 5) is 14.6. The highest BCUT2D eigenvalue weighted by Gasteiger charge is 2.34. The molecule has 0 spiro atoms. The highest BCUT2D eigenvalue weighted by molar-refractivity contribution is 7.89. The van der Waals surface area contributed by atoms with E-state index >= 15 is 0 Å². The summed E-state index contributed by atoms with van der Waals surface area (Å²) >= 11 is 7.53. The lowest BCUT2D eigenvalue weighted by molar-refractivity contribution is -0.387. The number of ether oxygens (including phenoxy) is 1. The Kier molecular flexibility index (Phi) is 5.43. The van der Waals surface area contributed by atoms with Gasteiger partial charge in [-0.1, -0.05) is 41.1 Å². The van der Waals surface area contributed by atoms with Gasteiger partial charge in [0.25, 0.3) is 10.9 Å². The summed E-state index contributed by atoms with van der Waals surface area (Å²) in [6.45, 7) is 0.426. The maximum atomic E-state index is 12.9. The number of nitro benzene ring substituents is 1. The molecule has 8 nitrogen and oxygen atoms in total. The second kappa shape index (κ2) is 7.86. The van der Waals surface area contributed by atoms with Gasteiger partial charge in [-0.05, 0) is 31.0 Å². The third kappa shape index (κ3) is 3.93. The molecule has 1 aromatic heterocycles. The van der Waals surface area contributed by atoms with Gasteiger partial charge in [0.2, 0.25) is 10.0 Å². The van der Waals surface area contributed by atoms with Gasteiger partial charge in [-0.3, -0.25) is 10.1 Å². The van der Waals surface area contributed by atoms with Gasteiger partial charge in [0, 0.05) is 19.2 Å². The number of hydrogen-bond donors (Lipinski definition) is 0. The molecule has 0 bridgehead atoms. The van der Waals surface area contributed by atoms with Crippen molar-refractivity contribution in [1.82, 2.24) is 9.29 Å². The third-order valence-corrected chi connectivity index (χ3v) is 7.86. The van der Waals surface area contributed by atoms with Crippen LogP contribution in [0.2, 0.25) is 5.02 Å². The van der Waals surface area contributed by atoms with Gasteiger partial charge in [0.05, 0.1) is 14.6 Å². The Morgan fingerprint density at radius 1 is 1.17 bits per heavy atom. The van der Waals surface area contributed by atoms with Gasteiger partial charge in [-0.15, -0.1) is 0 Å². The summed E-state index contributed by atoms with van der Waals surface area (Å²) in [5, 5.41) is 12.2. The molecular formula is C18H16ClN3O5S2. The van der Waals surface area contributed by atoms with Crippen molar-refractivity contribution in [3.63, 3.8) is 0 Å². The smallest absolute Gasteiger partial charge is 0.289 e. The molecular weight excluding hydrogens is 438 g/mol. The van der Waals surface area contributed by atoms with E-state index in [0.717, 1.165) is 4.70 Å². The van der Waals surface area contributed by atoms with Crippen LogP contribution >= 0.6 is 22.9 Å². The first-order chi connectivity index (χ1) is 13.9. The number of rotatable bonds is 5. The number of benzene rings is 2. The van der Waals surface area contributed by atoms with Crippen LogP contribution < -0.4 is 4.74 Å². The molecule has 1 fully saturated rings. The molecule has 0 aliphatic carbocycles. The zero-order valence-electron chi connectivity index (χ0n) is 15.0. The van der Waals surface area contributed by atoms with Crippen LogP contribution in [0.15, 0.2) is 47.4 Å². The van der Waals surface area contributed by atoms with E-state index in [1.54, 1.807) is 6.07 Å². The number of fused-ring (bicyclic) bond motifs is 1. The maximum absolute atomic E-state index is 12.9. The van der Waals surface area contributed by atoms with Crippen molar-refractivity contribution < 1.29 is 18.1 Å². The van der Waals surface area contributed by atoms with Crippen LogP contribution in [0.4, 0.5) is 5.69 Å². The Bertz CT molecular complexity index is 1170. The average molecular weight is 454 g/mol. The first-order valence-corrected chi connectivity index (χ1v) is 11.4. The van der Waals surface area contributed by atoms with Crippen molar-refractivity contribution in [2.24, 2.45) is 0 Å². The number of para-hydroxylation sites is 2. The van der Waals surface area contributed by atoms with E-state index in [1.807, 2.05) is 12.1 Å². The van der Waals surface area contributed by atoms with Gasteiger partial charge in [-0.2, -0.15) is 4.31 Å². The van der Waals surface area contributed by atoms with Crippen LogP contribution in [0.5, 0.6) is 5.19 Å². The van der Waals surface area contributed by atoms with Gasteiger partial charge < -0.3 is 4.74 Å². The number of nitro groups is 1. The standard InChI is InChI=1S/C18H16ClN3O5S2/c19-13-4-3-6-15-17(13)20-18(28-15)27-12-8-10-21(11-9-12)29(25,26)16-7-2-1-5-14(16)22(23)24/h1-7,12H,8-11H2. The van der Waals surface area contributed by atoms with Gasteiger partial charge in [0.1, 0.15) is 11.6 Å². The molecule has 2 aromatic carbocycles. The van der Waals surface area contributed by atoms with Gasteiger partial charge in [0.15, 0.2) is 4.90 Å². The SMILES string of the molecule is O=[N+]([O-])c1ccccc1S(=O)(=O)N1CCC(Oc2nc3c(Cl)cccc3s2)CC1. The number of thiazole rings is 1. The number of nitrogens with zero attached hydrogens (tertiary/aromatic N) is 3. The summed E-state index contributed by atoms with van der Waals surface area (Å²) in [6, 6.07) is 10.9. The normalized spacial score (nSPS) is 16.2. The van der Waals surface area contributed by atoms with Crippen molar-refractivity contribution >= 4 is 48.9 Å². The van der Waals surface area contributed by atoms with Crippen molar-refractivity contribution in [1.29, 1.82) is 0 Å². The summed E-state index contributed by atoms with van der Waals surface area (Å²) in [7, 11) is -3.95. The number of sulfonamides is 1. The molecule has 2 heterocycles. The van der Waals surface area contributed by atoms with E-state index in [4.69, 9.17) is 16.3 Å². The first-order valence-electron chi connectivity index (χ1n) is 8.81. The van der Waals surface area contributed by atoms with E-state index in [1.165, 1.54) is 39.9 Å². The zero-order chi connectivity index (χ0) is 20.6. The zero-order valence-corrected chi connectivity index (χ0v) is 17.4. The van der Waals surface area contributed by atoms with Crippen LogP contribution in [0.1, 0.15) is 12.8 Å². The average Bonchev–Trinajstić information content (AvgIpc) is 3.12. The first kappa shape index (κ1) is 20.0. The summed E-state index contributed by atoms with van der Waals surface area (Å²) in [6.07, 6.45) is 0.735. The van der Waals surface area contributed by atoms with Gasteiger partial charge in [-0.25, -0.2) is 13.4 Å². The van der Waals surface area contributed by atoms with Crippen LogP contribution in [0, 0.1) is 10.1 Å². The number of piperidine rings is 1. The van der Waals surface area contributed by atoms with Crippen molar-refractivity contribution in [3.8, 4) is 5.19 Å². The van der Waals surface area contributed by atoms with Crippen LogP contribution in [0.3, 0.4) is 0 Å². The van der Waals surface area contributed by atoms with E-state index in [2.05, 4.69) is 4.98 Å². The fraction of sp³-hybridized carbons (Fsp3) is 0.278. The summed E-state index contributed by atoms with van der Waals surface area (Å²) in [5.41, 5.74) is 0.266. The second-order valence-electron chi connectivity index (χ2n) is 6.51. The molecule has 152 valence electrons. The van der Waals surface area contributed by atoms with Gasteiger partial charge >= 0.3 is 0 Å². The largest absolute Gasteiger partial charge is 0.467 e. The van der Waals surface area contributed by atoms with Crippen molar-refractivity contribution in [2.75, 3.05) is 13.1 Å². The van der Waals surface area contributed by atoms with Crippen molar-refractivity contribution in [2.45, 2.75) is 23.8 Å². The minimum absolute atomic E-state index is 0.188. The lowest BCUT2D eigenvalue weighted by Crippen LogP contribution is -2.41. The van der Waals surface area contributed by atoms with E-state index < -0.39 is 20.6 Å². The predicted molar refractivity (Wildman–Crippen MR) is 110 cm³/mol. The topological polar surface area (TPSA) is 103 Å². The molecule has 11 heteroatoms. The maximum Gasteiger partial charge on any atom is 0.289 e. The second-order valence-corrected chi connectivity index (χ2v) is 9.82. The summed E-state index contributed by atoms with van der Waals surface area (Å²) in [5.74, 6) is 0. The van der Waals surface area contributed by atoms with Crippen LogP contribution in [0.25, 0.3) is 10.2 Å². The molecule has 0 saturated carbocycles. The fourth-order valence-corrected chi connectivity index (χ4v) is 6.05. The Labute approximate surface area is 175 Å². The molecule has 1 aliphatic heterocycles. The molecule has 1 saturated heterocycles. The molecule has 1 aliphatic rings. The van der Waals surface area contributed by atoms with Crippen LogP contribution in [-0.2, 0) is 10.0 Å². The molecule has 0 unspecified atom stereocenters. The van der Waals surface area contributed by atoms with E-state index in [0.29, 0.717) is 28.6 Å². The molecule has 0 N–H and O–H groups in total. The lowest BCUT2D eigenvalue weighted by atomic mass is 10.1. The minimum atomic E-state index is -3.95. The lowest BCUT2D eigenvalue weighted by Gasteiger charge is -2.30.